The molecule has 3 aromatic carbocycles. The molecule has 3 aliphatic rings. The van der Waals surface area contributed by atoms with Gasteiger partial charge in [0.25, 0.3) is 0 Å². The topological polar surface area (TPSA) is 229 Å². The maximum Gasteiger partial charge on any atom is 0.405 e. The molecule has 3 fully saturated rings. The summed E-state index contributed by atoms with van der Waals surface area (Å²) in [6.45, 7) is 7.27. The first-order valence-electron chi connectivity index (χ1n) is 20.4. The van der Waals surface area contributed by atoms with Crippen molar-refractivity contribution < 1.29 is 43.4 Å². The number of amides is 6. The third-order valence-electron chi connectivity index (χ3n) is 12.5. The van der Waals surface area contributed by atoms with Crippen molar-refractivity contribution in [2.75, 3.05) is 18.0 Å². The molecule has 3 aliphatic heterocycles. The van der Waals surface area contributed by atoms with Gasteiger partial charge in [0.2, 0.25) is 23.6 Å². The molecule has 6 rings (SSSR count). The van der Waals surface area contributed by atoms with Crippen LogP contribution < -0.4 is 27.0 Å². The predicted molar refractivity (Wildman–Crippen MR) is 220 cm³/mol. The van der Waals surface area contributed by atoms with Crippen LogP contribution in [0.15, 0.2) is 72.8 Å². The Morgan fingerprint density at radius 3 is 1.42 bits per heavy atom. The average molecular weight is 828 g/mol. The number of nitrogens with two attached hydrogens (primary N) is 2. The lowest BCUT2D eigenvalue weighted by Crippen LogP contribution is -2.59. The van der Waals surface area contributed by atoms with Gasteiger partial charge in [-0.25, -0.2) is 14.0 Å². The van der Waals surface area contributed by atoms with E-state index in [4.69, 9.17) is 11.5 Å². The number of hydrogen-bond acceptors (Lipinski definition) is 7. The summed E-state index contributed by atoms with van der Waals surface area (Å²) in [5.41, 5.74) is 12.5. The molecule has 0 aromatic heterocycles. The fraction of sp³-hybridized carbons (Fsp3) is 0.455. The molecular weight excluding hydrogens is 774 g/mol. The van der Waals surface area contributed by atoms with Crippen LogP contribution in [0.1, 0.15) is 101 Å². The molecule has 6 atom stereocenters. The van der Waals surface area contributed by atoms with Crippen LogP contribution in [-0.2, 0) is 30.3 Å². The summed E-state index contributed by atoms with van der Waals surface area (Å²) in [6, 6.07) is 17.9. The van der Waals surface area contributed by atoms with Crippen molar-refractivity contribution in [1.29, 1.82) is 0 Å². The summed E-state index contributed by atoms with van der Waals surface area (Å²) < 4.78 is 14.4. The molecule has 16 heteroatoms. The van der Waals surface area contributed by atoms with Crippen LogP contribution in [0.5, 0.6) is 0 Å². The molecule has 0 aliphatic carbocycles. The van der Waals surface area contributed by atoms with Crippen LogP contribution >= 0.6 is 0 Å². The lowest BCUT2D eigenvalue weighted by Gasteiger charge is -2.40. The van der Waals surface area contributed by atoms with Gasteiger partial charge >= 0.3 is 12.2 Å². The number of carboxylic acid groups (broad SMARTS) is 2. The van der Waals surface area contributed by atoms with E-state index in [1.807, 2.05) is 24.3 Å². The summed E-state index contributed by atoms with van der Waals surface area (Å²) >= 11 is 0. The van der Waals surface area contributed by atoms with Crippen LogP contribution in [0.4, 0.5) is 19.7 Å². The van der Waals surface area contributed by atoms with E-state index in [0.29, 0.717) is 42.5 Å². The second-order valence-electron chi connectivity index (χ2n) is 16.7. The number of benzene rings is 3. The summed E-state index contributed by atoms with van der Waals surface area (Å²) in [4.78, 5) is 83.6. The molecule has 0 spiro atoms. The molecule has 8 N–H and O–H groups in total. The monoisotopic (exact) mass is 827 g/mol. The quantitative estimate of drug-likeness (QED) is 0.135. The summed E-state index contributed by atoms with van der Waals surface area (Å²) in [6.07, 6.45) is -0.117. The van der Waals surface area contributed by atoms with Gasteiger partial charge in [0, 0.05) is 18.8 Å². The molecule has 3 heterocycles. The van der Waals surface area contributed by atoms with Crippen LogP contribution in [0, 0.1) is 17.7 Å². The number of primary amides is 2. The van der Waals surface area contributed by atoms with Crippen molar-refractivity contribution in [3.63, 3.8) is 0 Å². The van der Waals surface area contributed by atoms with E-state index >= 15 is 0 Å². The highest BCUT2D eigenvalue weighted by Crippen LogP contribution is 2.49. The Bertz CT molecular complexity index is 2020. The van der Waals surface area contributed by atoms with Crippen LogP contribution in [0.3, 0.4) is 0 Å². The summed E-state index contributed by atoms with van der Waals surface area (Å²) in [5.74, 6) is -3.81. The number of nitrogens with one attached hydrogen (secondary N) is 2. The zero-order valence-electron chi connectivity index (χ0n) is 34.3. The molecule has 60 heavy (non-hydrogen) atoms. The number of hydrogen-bond donors (Lipinski definition) is 6. The highest BCUT2D eigenvalue weighted by molar-refractivity contribution is 5.96. The highest BCUT2D eigenvalue weighted by atomic mass is 19.1. The van der Waals surface area contributed by atoms with Gasteiger partial charge in [-0.2, -0.15) is 0 Å². The summed E-state index contributed by atoms with van der Waals surface area (Å²) in [7, 11) is 0. The van der Waals surface area contributed by atoms with Crippen LogP contribution in [0.25, 0.3) is 0 Å². The van der Waals surface area contributed by atoms with E-state index < -0.39 is 76.6 Å². The lowest BCUT2D eigenvalue weighted by atomic mass is 9.83. The lowest BCUT2D eigenvalue weighted by molar-refractivity contribution is -0.146. The predicted octanol–water partition coefficient (Wildman–Crippen LogP) is 5.10. The van der Waals surface area contributed by atoms with Gasteiger partial charge in [0.05, 0.1) is 12.1 Å². The van der Waals surface area contributed by atoms with Crippen molar-refractivity contribution in [2.24, 2.45) is 23.3 Å². The normalized spacial score (nSPS) is 23.8. The van der Waals surface area contributed by atoms with Gasteiger partial charge in [-0.05, 0) is 96.9 Å². The van der Waals surface area contributed by atoms with E-state index in [-0.39, 0.29) is 38.0 Å². The van der Waals surface area contributed by atoms with E-state index in [0.717, 1.165) is 11.1 Å². The molecule has 0 unspecified atom stereocenters. The second-order valence-corrected chi connectivity index (χ2v) is 16.7. The zero-order chi connectivity index (χ0) is 43.7. The first kappa shape index (κ1) is 43.4. The number of nitrogens with zero attached hydrogens (tertiary/aromatic N) is 3. The molecule has 320 valence electrons. The maximum absolute atomic E-state index is 14.4. The van der Waals surface area contributed by atoms with E-state index in [9.17, 15) is 43.4 Å². The summed E-state index contributed by atoms with van der Waals surface area (Å²) in [5, 5.41) is 23.7. The van der Waals surface area contributed by atoms with Gasteiger partial charge in [0.1, 0.15) is 29.0 Å². The fourth-order valence-corrected chi connectivity index (χ4v) is 9.71. The molecule has 3 aromatic rings. The fourth-order valence-electron chi connectivity index (χ4n) is 9.71. The SMILES string of the molecule is CC(C)[C@H](NC(=O)O)C(=O)N1CCC[C@@]1(C(N)=O)c1cccc([C@@H]2CC[C@@H](c3cccc([C@]4(C(N)=O)CCCN4C(=O)[C@@H](NC(=O)O)C(C)C)c3)N2c2ccc(F)cc2)c1. The largest absolute Gasteiger partial charge is 0.465 e. The molecule has 15 nitrogen and oxygen atoms in total. The van der Waals surface area contributed by atoms with Gasteiger partial charge < -0.3 is 47.0 Å². The van der Waals surface area contributed by atoms with Gasteiger partial charge in [-0.15, -0.1) is 0 Å². The zero-order valence-corrected chi connectivity index (χ0v) is 34.3. The standard InChI is InChI=1S/C44H54FN7O8/c1-25(2)35(48-41(57)58)37(53)50-21-7-19-43(50,39(46)55)29-11-5-9-27(23-29)33-17-18-34(52(33)32-15-13-31(45)14-16-32)28-10-6-12-30(24-28)44(40(47)56)20-8-22-51(44)38(54)36(26(3)4)49-42(59)60/h5-6,9-16,23-26,33-36,48-49H,7-8,17-22H2,1-4H3,(H2,46,55)(H2,47,56)(H,57,58)(H,59,60)/t33-,34-,35-,36-,43-,44-/m0/s1. The number of anilines is 1. The third-order valence-corrected chi connectivity index (χ3v) is 12.5. The molecule has 0 radical (unpaired) electrons. The van der Waals surface area contributed by atoms with Gasteiger partial charge in [-0.3, -0.25) is 19.2 Å². The average Bonchev–Trinajstić information content (AvgIpc) is 3.97. The van der Waals surface area contributed by atoms with E-state index in [2.05, 4.69) is 15.5 Å². The Kier molecular flexibility index (Phi) is 12.4. The van der Waals surface area contributed by atoms with Crippen LogP contribution in [-0.4, -0.2) is 81.0 Å². The maximum atomic E-state index is 14.4. The third kappa shape index (κ3) is 7.82. The minimum Gasteiger partial charge on any atom is -0.465 e. The Morgan fingerprint density at radius 1 is 0.667 bits per heavy atom. The first-order valence-corrected chi connectivity index (χ1v) is 20.4. The molecule has 0 saturated carbocycles. The minimum atomic E-state index is -1.55. The Morgan fingerprint density at radius 2 is 1.07 bits per heavy atom. The Balaban J connectivity index is 1.41. The van der Waals surface area contributed by atoms with Crippen molar-refractivity contribution in [2.45, 2.75) is 101 Å². The minimum absolute atomic E-state index is 0.198. The number of rotatable bonds is 13. The van der Waals surface area contributed by atoms with Crippen molar-refractivity contribution in [3.05, 3.63) is 101 Å². The molecule has 6 amide bonds. The molecule has 3 saturated heterocycles. The van der Waals surface area contributed by atoms with Gasteiger partial charge in [-0.1, -0.05) is 76.2 Å². The second kappa shape index (κ2) is 17.2. The Labute approximate surface area is 348 Å². The number of likely N-dealkylation sites (tertiary alicyclic amines) is 2. The molecule has 0 bridgehead atoms. The Hall–Kier alpha value is -6.19. The van der Waals surface area contributed by atoms with Crippen molar-refractivity contribution >= 4 is 41.5 Å². The highest BCUT2D eigenvalue weighted by Gasteiger charge is 2.53. The van der Waals surface area contributed by atoms with E-state index in [1.54, 1.807) is 64.1 Å². The van der Waals surface area contributed by atoms with Gasteiger partial charge in [0.15, 0.2) is 0 Å². The first-order chi connectivity index (χ1) is 28.4. The van der Waals surface area contributed by atoms with Crippen LogP contribution in [0.2, 0.25) is 0 Å². The van der Waals surface area contributed by atoms with Crippen molar-refractivity contribution in [1.82, 2.24) is 20.4 Å². The number of carbonyl (C=O) groups is 6. The number of carbonyl (C=O) groups excluding carboxylic acids is 4. The smallest absolute Gasteiger partial charge is 0.405 e. The van der Waals surface area contributed by atoms with Crippen molar-refractivity contribution in [3.8, 4) is 0 Å². The van der Waals surface area contributed by atoms with E-state index in [1.165, 1.54) is 21.9 Å². The number of halogens is 1. The molecular formula is C44H54FN7O8.